The maximum atomic E-state index is 5.33. The average molecular weight is 275 g/mol. The zero-order valence-corrected chi connectivity index (χ0v) is 12.6. The molecule has 0 fully saturated rings. The van der Waals surface area contributed by atoms with Crippen molar-refractivity contribution in [3.05, 3.63) is 40.8 Å². The lowest BCUT2D eigenvalue weighted by Crippen LogP contribution is -2.14. The summed E-state index contributed by atoms with van der Waals surface area (Å²) < 4.78 is 5.33. The highest BCUT2D eigenvalue weighted by atomic mass is 32.1. The smallest absolute Gasteiger partial charge is 0.119 e. The summed E-state index contributed by atoms with van der Waals surface area (Å²) >= 11 is 1.84. The van der Waals surface area contributed by atoms with Gasteiger partial charge in [0.15, 0.2) is 0 Å². The molecule has 1 aromatic heterocycles. The van der Waals surface area contributed by atoms with E-state index in [1.807, 2.05) is 17.4 Å². The van der Waals surface area contributed by atoms with Gasteiger partial charge in [0.1, 0.15) is 5.75 Å². The third-order valence-electron chi connectivity index (χ3n) is 3.06. The summed E-state index contributed by atoms with van der Waals surface area (Å²) in [6.45, 7) is 6.26. The Bertz CT molecular complexity index is 533. The molecule has 2 aromatic rings. The topological polar surface area (TPSA) is 21.3 Å². The molecule has 3 heteroatoms. The predicted molar refractivity (Wildman–Crippen MR) is 83.0 cm³/mol. The van der Waals surface area contributed by atoms with Crippen LogP contribution in [0.15, 0.2) is 30.3 Å². The Morgan fingerprint density at radius 1 is 1.21 bits per heavy atom. The van der Waals surface area contributed by atoms with Crippen LogP contribution < -0.4 is 10.1 Å². The molecule has 0 saturated heterocycles. The molecule has 0 aliphatic heterocycles. The van der Waals surface area contributed by atoms with Crippen LogP contribution in [0.2, 0.25) is 0 Å². The SMILES string of the molecule is CCCNCc1cc(OC)ccc1-c1ccc(C)s1. The Kier molecular flexibility index (Phi) is 5.00. The summed E-state index contributed by atoms with van der Waals surface area (Å²) in [6, 6.07) is 10.7. The lowest BCUT2D eigenvalue weighted by Gasteiger charge is -2.11. The lowest BCUT2D eigenvalue weighted by atomic mass is 10.1. The fourth-order valence-corrected chi connectivity index (χ4v) is 2.99. The van der Waals surface area contributed by atoms with Crippen molar-refractivity contribution in [2.45, 2.75) is 26.8 Å². The molecule has 0 amide bonds. The third-order valence-corrected chi connectivity index (χ3v) is 4.09. The van der Waals surface area contributed by atoms with Gasteiger partial charge in [-0.25, -0.2) is 0 Å². The number of aryl methyl sites for hydroxylation is 1. The van der Waals surface area contributed by atoms with Gasteiger partial charge in [-0.05, 0) is 61.3 Å². The second-order valence-corrected chi connectivity index (χ2v) is 5.90. The highest BCUT2D eigenvalue weighted by Gasteiger charge is 2.08. The van der Waals surface area contributed by atoms with Crippen molar-refractivity contribution in [3.63, 3.8) is 0 Å². The largest absolute Gasteiger partial charge is 0.497 e. The molecular weight excluding hydrogens is 254 g/mol. The number of hydrogen-bond donors (Lipinski definition) is 1. The molecule has 1 aromatic carbocycles. The molecular formula is C16H21NOS. The van der Waals surface area contributed by atoms with E-state index in [-0.39, 0.29) is 0 Å². The number of nitrogens with one attached hydrogen (secondary N) is 1. The van der Waals surface area contributed by atoms with Crippen LogP contribution in [-0.4, -0.2) is 13.7 Å². The van der Waals surface area contributed by atoms with Crippen molar-refractivity contribution in [2.24, 2.45) is 0 Å². The number of thiophene rings is 1. The van der Waals surface area contributed by atoms with Crippen LogP contribution in [-0.2, 0) is 6.54 Å². The van der Waals surface area contributed by atoms with Crippen LogP contribution in [0, 0.1) is 6.92 Å². The zero-order chi connectivity index (χ0) is 13.7. The summed E-state index contributed by atoms with van der Waals surface area (Å²) in [5.74, 6) is 0.922. The van der Waals surface area contributed by atoms with Crippen LogP contribution in [0.3, 0.4) is 0 Å². The van der Waals surface area contributed by atoms with E-state index in [1.54, 1.807) is 7.11 Å². The molecule has 0 bridgehead atoms. The summed E-state index contributed by atoms with van der Waals surface area (Å²) in [7, 11) is 1.72. The van der Waals surface area contributed by atoms with Gasteiger partial charge in [0.05, 0.1) is 7.11 Å². The lowest BCUT2D eigenvalue weighted by molar-refractivity contribution is 0.414. The molecule has 1 N–H and O–H groups in total. The summed E-state index contributed by atoms with van der Waals surface area (Å²) in [6.07, 6.45) is 1.15. The van der Waals surface area contributed by atoms with Crippen LogP contribution >= 0.6 is 11.3 Å². The summed E-state index contributed by atoms with van der Waals surface area (Å²) in [4.78, 5) is 2.67. The van der Waals surface area contributed by atoms with Crippen molar-refractivity contribution in [2.75, 3.05) is 13.7 Å². The number of hydrogen-bond acceptors (Lipinski definition) is 3. The Morgan fingerprint density at radius 3 is 2.68 bits per heavy atom. The van der Waals surface area contributed by atoms with E-state index < -0.39 is 0 Å². The Morgan fingerprint density at radius 2 is 2.05 bits per heavy atom. The first-order chi connectivity index (χ1) is 9.24. The minimum atomic E-state index is 0.886. The molecule has 0 saturated carbocycles. The Hall–Kier alpha value is -1.32. The highest BCUT2D eigenvalue weighted by molar-refractivity contribution is 7.15. The fourth-order valence-electron chi connectivity index (χ4n) is 2.06. The summed E-state index contributed by atoms with van der Waals surface area (Å²) in [5, 5.41) is 3.47. The summed E-state index contributed by atoms with van der Waals surface area (Å²) in [5.41, 5.74) is 2.61. The second-order valence-electron chi connectivity index (χ2n) is 4.61. The monoisotopic (exact) mass is 275 g/mol. The average Bonchev–Trinajstić information content (AvgIpc) is 2.85. The van der Waals surface area contributed by atoms with Gasteiger partial charge < -0.3 is 10.1 Å². The molecule has 0 aliphatic carbocycles. The Labute approximate surface area is 119 Å². The molecule has 0 atom stereocenters. The molecule has 0 aliphatic rings. The van der Waals surface area contributed by atoms with Gasteiger partial charge >= 0.3 is 0 Å². The van der Waals surface area contributed by atoms with Crippen LogP contribution in [0.25, 0.3) is 10.4 Å². The molecule has 19 heavy (non-hydrogen) atoms. The second kappa shape index (κ2) is 6.73. The van der Waals surface area contributed by atoms with Gasteiger partial charge in [0, 0.05) is 16.3 Å². The van der Waals surface area contributed by atoms with Crippen molar-refractivity contribution in [3.8, 4) is 16.2 Å². The number of ether oxygens (including phenoxy) is 1. The number of methoxy groups -OCH3 is 1. The van der Waals surface area contributed by atoms with Crippen LogP contribution in [0.5, 0.6) is 5.75 Å². The van der Waals surface area contributed by atoms with Crippen molar-refractivity contribution < 1.29 is 4.74 Å². The van der Waals surface area contributed by atoms with Gasteiger partial charge in [-0.3, -0.25) is 0 Å². The van der Waals surface area contributed by atoms with Gasteiger partial charge in [0.25, 0.3) is 0 Å². The number of rotatable bonds is 6. The van der Waals surface area contributed by atoms with Gasteiger partial charge in [0.2, 0.25) is 0 Å². The van der Waals surface area contributed by atoms with Crippen LogP contribution in [0.1, 0.15) is 23.8 Å². The zero-order valence-electron chi connectivity index (χ0n) is 11.8. The predicted octanol–water partition coefficient (Wildman–Crippen LogP) is 4.23. The van der Waals surface area contributed by atoms with Gasteiger partial charge in [-0.1, -0.05) is 6.92 Å². The van der Waals surface area contributed by atoms with Crippen molar-refractivity contribution in [1.82, 2.24) is 5.32 Å². The molecule has 0 radical (unpaired) electrons. The van der Waals surface area contributed by atoms with Crippen LogP contribution in [0.4, 0.5) is 0 Å². The first kappa shape index (κ1) is 14.1. The van der Waals surface area contributed by atoms with E-state index in [0.29, 0.717) is 0 Å². The maximum absolute atomic E-state index is 5.33. The van der Waals surface area contributed by atoms with E-state index >= 15 is 0 Å². The molecule has 2 rings (SSSR count). The van der Waals surface area contributed by atoms with E-state index in [4.69, 9.17) is 4.74 Å². The third kappa shape index (κ3) is 3.58. The first-order valence-corrected chi connectivity index (χ1v) is 7.50. The molecule has 102 valence electrons. The maximum Gasteiger partial charge on any atom is 0.119 e. The first-order valence-electron chi connectivity index (χ1n) is 6.69. The fraction of sp³-hybridized carbons (Fsp3) is 0.375. The number of benzene rings is 1. The Balaban J connectivity index is 2.30. The molecule has 2 nitrogen and oxygen atoms in total. The molecule has 0 spiro atoms. The van der Waals surface area contributed by atoms with E-state index in [2.05, 4.69) is 43.4 Å². The van der Waals surface area contributed by atoms with Gasteiger partial charge in [-0.2, -0.15) is 0 Å². The minimum Gasteiger partial charge on any atom is -0.497 e. The van der Waals surface area contributed by atoms with Gasteiger partial charge in [-0.15, -0.1) is 11.3 Å². The normalized spacial score (nSPS) is 10.7. The van der Waals surface area contributed by atoms with E-state index in [9.17, 15) is 0 Å². The molecule has 1 heterocycles. The minimum absolute atomic E-state index is 0.886. The highest BCUT2D eigenvalue weighted by Crippen LogP contribution is 2.32. The van der Waals surface area contributed by atoms with Crippen molar-refractivity contribution in [1.29, 1.82) is 0 Å². The van der Waals surface area contributed by atoms with E-state index in [1.165, 1.54) is 20.9 Å². The quantitative estimate of drug-likeness (QED) is 0.797. The van der Waals surface area contributed by atoms with Crippen molar-refractivity contribution >= 4 is 11.3 Å². The molecule has 0 unspecified atom stereocenters. The standard InChI is InChI=1S/C16H21NOS/c1-4-9-17-11-13-10-14(18-3)6-7-15(13)16-8-5-12(2)19-16/h5-8,10,17H,4,9,11H2,1-3H3. The van der Waals surface area contributed by atoms with E-state index in [0.717, 1.165) is 25.3 Å².